The molecule has 2 N–H and O–H groups in total. The molecule has 1 fully saturated rings. The molecule has 2 unspecified atom stereocenters. The normalized spacial score (nSPS) is 24.4. The van der Waals surface area contributed by atoms with Gasteiger partial charge in [0, 0.05) is 12.2 Å². The van der Waals surface area contributed by atoms with Crippen molar-refractivity contribution in [3.63, 3.8) is 0 Å². The van der Waals surface area contributed by atoms with E-state index in [4.69, 9.17) is 11.6 Å². The summed E-state index contributed by atoms with van der Waals surface area (Å²) >= 11 is 5.87. The molecule has 1 saturated heterocycles. The Morgan fingerprint density at radius 1 is 1.69 bits per heavy atom. The molecule has 2 rings (SSSR count). The standard InChI is InChI=1S/C11H14ClN3O/c1-7-8(4-6-13-7)11(16)15-9-3-2-5-14-10(9)12/h2-3,5,7-8,13H,4,6H2,1H3,(H,15,16). The van der Waals surface area contributed by atoms with Crippen LogP contribution < -0.4 is 10.6 Å². The van der Waals surface area contributed by atoms with Crippen LogP contribution >= 0.6 is 11.6 Å². The van der Waals surface area contributed by atoms with Crippen LogP contribution in [-0.4, -0.2) is 23.5 Å². The van der Waals surface area contributed by atoms with E-state index in [1.165, 1.54) is 0 Å². The number of anilines is 1. The number of hydrogen-bond acceptors (Lipinski definition) is 3. The first-order valence-electron chi connectivity index (χ1n) is 5.33. The molecule has 1 aliphatic rings. The number of halogens is 1. The molecule has 0 aromatic carbocycles. The van der Waals surface area contributed by atoms with Crippen LogP contribution in [0.5, 0.6) is 0 Å². The van der Waals surface area contributed by atoms with Crippen LogP contribution in [0.2, 0.25) is 5.15 Å². The van der Waals surface area contributed by atoms with Crippen molar-refractivity contribution in [3.8, 4) is 0 Å². The quantitative estimate of drug-likeness (QED) is 0.772. The molecule has 0 aliphatic carbocycles. The molecule has 0 spiro atoms. The third-order valence-corrected chi connectivity index (χ3v) is 3.18. The summed E-state index contributed by atoms with van der Waals surface area (Å²) in [4.78, 5) is 15.9. The van der Waals surface area contributed by atoms with Gasteiger partial charge in [-0.25, -0.2) is 4.98 Å². The van der Waals surface area contributed by atoms with Crippen molar-refractivity contribution in [1.29, 1.82) is 0 Å². The van der Waals surface area contributed by atoms with Gasteiger partial charge in [0.2, 0.25) is 5.91 Å². The van der Waals surface area contributed by atoms with E-state index in [0.717, 1.165) is 13.0 Å². The second kappa shape index (κ2) is 4.80. The fraction of sp³-hybridized carbons (Fsp3) is 0.455. The number of rotatable bonds is 2. The second-order valence-electron chi connectivity index (χ2n) is 3.97. The third-order valence-electron chi connectivity index (χ3n) is 2.88. The Morgan fingerprint density at radius 3 is 3.12 bits per heavy atom. The summed E-state index contributed by atoms with van der Waals surface area (Å²) in [5, 5.41) is 6.38. The van der Waals surface area contributed by atoms with Crippen molar-refractivity contribution in [2.45, 2.75) is 19.4 Å². The molecule has 0 saturated carbocycles. The van der Waals surface area contributed by atoms with Gasteiger partial charge in [-0.2, -0.15) is 0 Å². The van der Waals surface area contributed by atoms with Crippen LogP contribution in [0.1, 0.15) is 13.3 Å². The average Bonchev–Trinajstić information content (AvgIpc) is 2.68. The number of hydrogen-bond donors (Lipinski definition) is 2. The van der Waals surface area contributed by atoms with E-state index in [0.29, 0.717) is 10.8 Å². The third kappa shape index (κ3) is 2.33. The first-order chi connectivity index (χ1) is 7.68. The second-order valence-corrected chi connectivity index (χ2v) is 4.33. The predicted octanol–water partition coefficient (Wildman–Crippen LogP) is 1.67. The summed E-state index contributed by atoms with van der Waals surface area (Å²) in [6.07, 6.45) is 2.46. The van der Waals surface area contributed by atoms with Gasteiger partial charge >= 0.3 is 0 Å². The smallest absolute Gasteiger partial charge is 0.229 e. The van der Waals surface area contributed by atoms with E-state index in [9.17, 15) is 4.79 Å². The van der Waals surface area contributed by atoms with Gasteiger partial charge in [0.25, 0.3) is 0 Å². The highest BCUT2D eigenvalue weighted by Gasteiger charge is 2.29. The first kappa shape index (κ1) is 11.4. The maximum Gasteiger partial charge on any atom is 0.229 e. The number of aromatic nitrogens is 1. The van der Waals surface area contributed by atoms with E-state index in [1.54, 1.807) is 18.3 Å². The van der Waals surface area contributed by atoms with E-state index < -0.39 is 0 Å². The number of amides is 1. The van der Waals surface area contributed by atoms with Gasteiger partial charge in [0.1, 0.15) is 0 Å². The lowest BCUT2D eigenvalue weighted by Crippen LogP contribution is -2.32. The number of carbonyl (C=O) groups excluding carboxylic acids is 1. The topological polar surface area (TPSA) is 54.0 Å². The summed E-state index contributed by atoms with van der Waals surface area (Å²) in [6, 6.07) is 3.72. The van der Waals surface area contributed by atoms with Gasteiger partial charge in [-0.3, -0.25) is 4.79 Å². The molecule has 1 aromatic rings. The molecule has 4 nitrogen and oxygen atoms in total. The summed E-state index contributed by atoms with van der Waals surface area (Å²) < 4.78 is 0. The van der Waals surface area contributed by atoms with Gasteiger partial charge < -0.3 is 10.6 Å². The minimum atomic E-state index is 0.00685. The van der Waals surface area contributed by atoms with Gasteiger partial charge in [-0.1, -0.05) is 11.6 Å². The maximum absolute atomic E-state index is 11.9. The molecule has 86 valence electrons. The Hall–Kier alpha value is -1.13. The highest BCUT2D eigenvalue weighted by molar-refractivity contribution is 6.32. The van der Waals surface area contributed by atoms with Crippen LogP contribution in [0, 0.1) is 5.92 Å². The zero-order valence-corrected chi connectivity index (χ0v) is 9.79. The highest BCUT2D eigenvalue weighted by Crippen LogP contribution is 2.21. The van der Waals surface area contributed by atoms with Crippen LogP contribution in [0.15, 0.2) is 18.3 Å². The highest BCUT2D eigenvalue weighted by atomic mass is 35.5. The lowest BCUT2D eigenvalue weighted by Gasteiger charge is -2.15. The van der Waals surface area contributed by atoms with E-state index in [1.807, 2.05) is 6.92 Å². The van der Waals surface area contributed by atoms with Crippen molar-refractivity contribution < 1.29 is 4.79 Å². The van der Waals surface area contributed by atoms with Gasteiger partial charge in [-0.05, 0) is 32.0 Å². The number of pyridine rings is 1. The van der Waals surface area contributed by atoms with Gasteiger partial charge in [0.15, 0.2) is 5.15 Å². The molecule has 2 atom stereocenters. The number of nitrogens with zero attached hydrogens (tertiary/aromatic N) is 1. The fourth-order valence-corrected chi connectivity index (χ4v) is 2.09. The van der Waals surface area contributed by atoms with Gasteiger partial charge in [-0.15, -0.1) is 0 Å². The SMILES string of the molecule is CC1NCCC1C(=O)Nc1cccnc1Cl. The Morgan fingerprint density at radius 2 is 2.50 bits per heavy atom. The minimum Gasteiger partial charge on any atom is -0.323 e. The van der Waals surface area contributed by atoms with Crippen LogP contribution in [0.3, 0.4) is 0 Å². The predicted molar refractivity (Wildman–Crippen MR) is 63.4 cm³/mol. The molecule has 16 heavy (non-hydrogen) atoms. The molecule has 5 heteroatoms. The molecule has 0 radical (unpaired) electrons. The number of carbonyl (C=O) groups is 1. The van der Waals surface area contributed by atoms with Crippen molar-refractivity contribution in [1.82, 2.24) is 10.3 Å². The lowest BCUT2D eigenvalue weighted by molar-refractivity contribution is -0.120. The van der Waals surface area contributed by atoms with Crippen molar-refractivity contribution >= 4 is 23.2 Å². The molecular formula is C11H14ClN3O. The van der Waals surface area contributed by atoms with Gasteiger partial charge in [0.05, 0.1) is 11.6 Å². The molecular weight excluding hydrogens is 226 g/mol. The Balaban J connectivity index is 2.05. The monoisotopic (exact) mass is 239 g/mol. The van der Waals surface area contributed by atoms with E-state index in [-0.39, 0.29) is 17.9 Å². The van der Waals surface area contributed by atoms with Crippen LogP contribution in [0.4, 0.5) is 5.69 Å². The van der Waals surface area contributed by atoms with E-state index in [2.05, 4.69) is 15.6 Å². The average molecular weight is 240 g/mol. The van der Waals surface area contributed by atoms with Crippen molar-refractivity contribution in [2.75, 3.05) is 11.9 Å². The maximum atomic E-state index is 11.9. The zero-order valence-electron chi connectivity index (χ0n) is 9.03. The minimum absolute atomic E-state index is 0.00685. The Labute approximate surface area is 99.4 Å². The Kier molecular flexibility index (Phi) is 3.41. The summed E-state index contributed by atoms with van der Waals surface area (Å²) in [7, 11) is 0. The fourth-order valence-electron chi connectivity index (χ4n) is 1.92. The lowest BCUT2D eigenvalue weighted by atomic mass is 10.0. The molecule has 1 aliphatic heterocycles. The Bertz CT molecular complexity index is 397. The van der Waals surface area contributed by atoms with Crippen molar-refractivity contribution in [3.05, 3.63) is 23.5 Å². The van der Waals surface area contributed by atoms with E-state index >= 15 is 0 Å². The summed E-state index contributed by atoms with van der Waals surface area (Å²) in [6.45, 7) is 2.90. The molecule has 2 heterocycles. The molecule has 1 aromatic heterocycles. The number of nitrogens with one attached hydrogen (secondary N) is 2. The molecule has 0 bridgehead atoms. The first-order valence-corrected chi connectivity index (χ1v) is 5.71. The van der Waals surface area contributed by atoms with Crippen molar-refractivity contribution in [2.24, 2.45) is 5.92 Å². The summed E-state index contributed by atoms with van der Waals surface area (Å²) in [5.41, 5.74) is 0.577. The zero-order chi connectivity index (χ0) is 11.5. The van der Waals surface area contributed by atoms with Crippen LogP contribution in [0.25, 0.3) is 0 Å². The van der Waals surface area contributed by atoms with Crippen LogP contribution in [-0.2, 0) is 4.79 Å². The summed E-state index contributed by atoms with van der Waals surface area (Å²) in [5.74, 6) is 0.0173. The largest absolute Gasteiger partial charge is 0.323 e. The molecule has 1 amide bonds.